The molecule has 0 saturated carbocycles. The maximum absolute atomic E-state index is 14.5. The number of aromatic nitrogens is 1. The van der Waals surface area contributed by atoms with Crippen LogP contribution >= 0.6 is 0 Å². The van der Waals surface area contributed by atoms with Gasteiger partial charge < -0.3 is 15.6 Å². The number of ether oxygens (including phenoxy) is 1. The van der Waals surface area contributed by atoms with Crippen molar-refractivity contribution in [3.05, 3.63) is 83.4 Å². The van der Waals surface area contributed by atoms with Gasteiger partial charge in [-0.05, 0) is 23.8 Å². The van der Waals surface area contributed by atoms with Crippen molar-refractivity contribution in [2.45, 2.75) is 19.6 Å². The van der Waals surface area contributed by atoms with Crippen LogP contribution in [0.2, 0.25) is 0 Å². The largest absolute Gasteiger partial charge is 0.487 e. The van der Waals surface area contributed by atoms with Gasteiger partial charge in [-0.15, -0.1) is 0 Å². The second kappa shape index (κ2) is 8.42. The molecule has 1 aromatic heterocycles. The average Bonchev–Trinajstić information content (AvgIpc) is 2.67. The number of para-hydroxylation sites is 1. The maximum atomic E-state index is 14.5. The Hall–Kier alpha value is -3.25. The molecule has 0 bridgehead atoms. The summed E-state index contributed by atoms with van der Waals surface area (Å²) < 4.78 is 20.3. The molecule has 138 valence electrons. The summed E-state index contributed by atoms with van der Waals surface area (Å²) in [7, 11) is 0. The summed E-state index contributed by atoms with van der Waals surface area (Å²) in [6.07, 6.45) is 1.46. The third-order valence-corrected chi connectivity index (χ3v) is 4.12. The molecule has 6 heteroatoms. The van der Waals surface area contributed by atoms with E-state index in [2.05, 4.69) is 4.98 Å². The van der Waals surface area contributed by atoms with E-state index >= 15 is 0 Å². The molecule has 0 aliphatic rings. The number of nitrogens with zero attached hydrogens (tertiary/aromatic N) is 1. The van der Waals surface area contributed by atoms with E-state index in [-0.39, 0.29) is 25.4 Å². The van der Waals surface area contributed by atoms with Crippen molar-refractivity contribution in [3.8, 4) is 16.9 Å². The van der Waals surface area contributed by atoms with Crippen LogP contribution in [0.15, 0.2) is 60.8 Å². The first kappa shape index (κ1) is 18.5. The molecule has 0 aliphatic carbocycles. The van der Waals surface area contributed by atoms with Gasteiger partial charge in [0.15, 0.2) is 0 Å². The quantitative estimate of drug-likeness (QED) is 0.668. The smallest absolute Gasteiger partial charge is 0.307 e. The van der Waals surface area contributed by atoms with Gasteiger partial charge in [-0.3, -0.25) is 9.78 Å². The van der Waals surface area contributed by atoms with Gasteiger partial charge in [0.2, 0.25) is 0 Å². The van der Waals surface area contributed by atoms with Gasteiger partial charge in [0.1, 0.15) is 18.2 Å². The van der Waals surface area contributed by atoms with Gasteiger partial charge in [0.25, 0.3) is 0 Å². The highest BCUT2D eigenvalue weighted by Crippen LogP contribution is 2.26. The van der Waals surface area contributed by atoms with Crippen LogP contribution in [0.3, 0.4) is 0 Å². The molecule has 0 amide bonds. The molecule has 2 aromatic carbocycles. The molecule has 0 radical (unpaired) electrons. The highest BCUT2D eigenvalue weighted by Gasteiger charge is 2.11. The summed E-state index contributed by atoms with van der Waals surface area (Å²) in [6, 6.07) is 15.5. The van der Waals surface area contributed by atoms with Crippen molar-refractivity contribution in [2.75, 3.05) is 0 Å². The fourth-order valence-corrected chi connectivity index (χ4v) is 2.79. The Morgan fingerprint density at radius 1 is 1.11 bits per heavy atom. The Bertz CT molecular complexity index is 960. The number of carbonyl (C=O) groups is 1. The van der Waals surface area contributed by atoms with Crippen LogP contribution in [-0.2, 0) is 24.4 Å². The monoisotopic (exact) mass is 366 g/mol. The van der Waals surface area contributed by atoms with Gasteiger partial charge in [0, 0.05) is 29.4 Å². The molecule has 0 unspecified atom stereocenters. The lowest BCUT2D eigenvalue weighted by Crippen LogP contribution is -2.05. The minimum Gasteiger partial charge on any atom is -0.487 e. The molecule has 3 N–H and O–H groups in total. The highest BCUT2D eigenvalue weighted by atomic mass is 19.1. The first-order valence-corrected chi connectivity index (χ1v) is 8.43. The zero-order valence-corrected chi connectivity index (χ0v) is 14.6. The fourth-order valence-electron chi connectivity index (χ4n) is 2.79. The number of nitrogens with two attached hydrogens (primary N) is 1. The van der Waals surface area contributed by atoms with Crippen molar-refractivity contribution in [3.63, 3.8) is 0 Å². The molecular weight excluding hydrogens is 347 g/mol. The van der Waals surface area contributed by atoms with E-state index in [9.17, 15) is 9.18 Å². The third kappa shape index (κ3) is 4.48. The maximum Gasteiger partial charge on any atom is 0.307 e. The van der Waals surface area contributed by atoms with E-state index < -0.39 is 5.97 Å². The Balaban J connectivity index is 1.81. The van der Waals surface area contributed by atoms with Crippen LogP contribution in [0.1, 0.15) is 16.8 Å². The number of pyridine rings is 1. The summed E-state index contributed by atoms with van der Waals surface area (Å²) in [4.78, 5) is 15.2. The predicted molar refractivity (Wildman–Crippen MR) is 99.6 cm³/mol. The minimum atomic E-state index is -0.929. The molecule has 3 rings (SSSR count). The number of halogens is 1. The first-order chi connectivity index (χ1) is 13.1. The summed E-state index contributed by atoms with van der Waals surface area (Å²) in [5.41, 5.74) is 8.34. The van der Waals surface area contributed by atoms with Crippen molar-refractivity contribution in [2.24, 2.45) is 5.73 Å². The number of carboxylic acids is 1. The van der Waals surface area contributed by atoms with E-state index in [1.54, 1.807) is 60.8 Å². The lowest BCUT2D eigenvalue weighted by molar-refractivity contribution is -0.136. The van der Waals surface area contributed by atoms with Crippen molar-refractivity contribution in [1.29, 1.82) is 0 Å². The molecule has 0 saturated heterocycles. The van der Waals surface area contributed by atoms with Crippen LogP contribution in [0, 0.1) is 5.82 Å². The number of hydrogen-bond donors (Lipinski definition) is 2. The minimum absolute atomic E-state index is 0.124. The molecule has 0 fully saturated rings. The van der Waals surface area contributed by atoms with Crippen LogP contribution in [-0.4, -0.2) is 16.1 Å². The Labute approximate surface area is 156 Å². The van der Waals surface area contributed by atoms with E-state index in [4.69, 9.17) is 15.6 Å². The molecule has 3 aromatic rings. The Kier molecular flexibility index (Phi) is 5.78. The number of rotatable bonds is 7. The van der Waals surface area contributed by atoms with Crippen molar-refractivity contribution < 1.29 is 19.0 Å². The molecule has 27 heavy (non-hydrogen) atoms. The van der Waals surface area contributed by atoms with Gasteiger partial charge >= 0.3 is 5.97 Å². The van der Waals surface area contributed by atoms with Crippen molar-refractivity contribution in [1.82, 2.24) is 4.98 Å². The summed E-state index contributed by atoms with van der Waals surface area (Å²) >= 11 is 0. The standard InChI is InChI=1S/C21H19FN2O3/c22-21-16(12-23)5-3-6-18(21)14-8-9-24-17(10-14)13-27-19-7-2-1-4-15(19)11-20(25)26/h1-10H,11-13,23H2,(H,25,26). The number of benzene rings is 2. The molecule has 5 nitrogen and oxygen atoms in total. The topological polar surface area (TPSA) is 85.4 Å². The zero-order valence-electron chi connectivity index (χ0n) is 14.6. The van der Waals surface area contributed by atoms with Crippen LogP contribution in [0.5, 0.6) is 5.75 Å². The van der Waals surface area contributed by atoms with E-state index in [0.29, 0.717) is 33.7 Å². The molecule has 1 heterocycles. The highest BCUT2D eigenvalue weighted by molar-refractivity contribution is 5.71. The first-order valence-electron chi connectivity index (χ1n) is 8.43. The van der Waals surface area contributed by atoms with Gasteiger partial charge in [-0.2, -0.15) is 0 Å². The van der Waals surface area contributed by atoms with Crippen molar-refractivity contribution >= 4 is 5.97 Å². The van der Waals surface area contributed by atoms with Gasteiger partial charge in [-0.25, -0.2) is 4.39 Å². The molecule has 0 spiro atoms. The molecule has 0 aliphatic heterocycles. The average molecular weight is 366 g/mol. The van der Waals surface area contributed by atoms with E-state index in [0.717, 1.165) is 0 Å². The van der Waals surface area contributed by atoms with E-state index in [1.165, 1.54) is 0 Å². The second-order valence-electron chi connectivity index (χ2n) is 5.99. The third-order valence-electron chi connectivity index (χ3n) is 4.12. The Morgan fingerprint density at radius 2 is 1.89 bits per heavy atom. The van der Waals surface area contributed by atoms with Gasteiger partial charge in [-0.1, -0.05) is 36.4 Å². The normalized spacial score (nSPS) is 10.6. The molecule has 0 atom stereocenters. The van der Waals surface area contributed by atoms with Crippen LogP contribution in [0.4, 0.5) is 4.39 Å². The second-order valence-corrected chi connectivity index (χ2v) is 5.99. The SMILES string of the molecule is NCc1cccc(-c2ccnc(COc3ccccc3CC(=O)O)c2)c1F. The number of hydrogen-bond acceptors (Lipinski definition) is 4. The van der Waals surface area contributed by atoms with Crippen LogP contribution < -0.4 is 10.5 Å². The Morgan fingerprint density at radius 3 is 2.67 bits per heavy atom. The van der Waals surface area contributed by atoms with Crippen LogP contribution in [0.25, 0.3) is 11.1 Å². The summed E-state index contributed by atoms with van der Waals surface area (Å²) in [5.74, 6) is -0.783. The number of carboxylic acid groups (broad SMARTS) is 1. The zero-order chi connectivity index (χ0) is 19.2. The fraction of sp³-hybridized carbons (Fsp3) is 0.143. The number of aliphatic carboxylic acids is 1. The predicted octanol–water partition coefficient (Wildman–Crippen LogP) is 3.55. The molecular formula is C21H19FN2O3. The lowest BCUT2D eigenvalue weighted by atomic mass is 10.0. The summed E-state index contributed by atoms with van der Waals surface area (Å²) in [5, 5.41) is 9.00. The van der Waals surface area contributed by atoms with Gasteiger partial charge in [0.05, 0.1) is 12.1 Å². The lowest BCUT2D eigenvalue weighted by Gasteiger charge is -2.11. The summed E-state index contributed by atoms with van der Waals surface area (Å²) in [6.45, 7) is 0.268. The van der Waals surface area contributed by atoms with E-state index in [1.807, 2.05) is 0 Å².